The lowest BCUT2D eigenvalue weighted by molar-refractivity contribution is -0.137. The molecule has 0 aliphatic heterocycles. The maximum absolute atomic E-state index is 13.0. The highest BCUT2D eigenvalue weighted by molar-refractivity contribution is 5.89. The number of halogens is 3. The quantitative estimate of drug-likeness (QED) is 0.497. The van der Waals surface area contributed by atoms with Crippen molar-refractivity contribution < 1.29 is 27.5 Å². The van der Waals surface area contributed by atoms with Crippen molar-refractivity contribution in [1.82, 2.24) is 9.97 Å². The number of anilines is 2. The second kappa shape index (κ2) is 10.4. The summed E-state index contributed by atoms with van der Waals surface area (Å²) in [6.07, 6.45) is -5.18. The van der Waals surface area contributed by atoms with E-state index in [9.17, 15) is 28.0 Å². The van der Waals surface area contributed by atoms with Gasteiger partial charge in [0.25, 0.3) is 0 Å². The molecular weight excluding hydrogens is 429 g/mol. The minimum absolute atomic E-state index is 0.0775. The first-order chi connectivity index (χ1) is 15.0. The van der Waals surface area contributed by atoms with Crippen molar-refractivity contribution in [2.45, 2.75) is 38.4 Å². The van der Waals surface area contributed by atoms with Crippen LogP contribution >= 0.6 is 0 Å². The number of carbonyl (C=O) groups is 2. The van der Waals surface area contributed by atoms with Gasteiger partial charge in [0.05, 0.1) is 18.2 Å². The summed E-state index contributed by atoms with van der Waals surface area (Å²) in [5.74, 6) is -1.64. The van der Waals surface area contributed by atoms with Crippen LogP contribution in [-0.2, 0) is 22.2 Å². The Morgan fingerprint density at radius 1 is 1.31 bits per heavy atom. The minimum atomic E-state index is -4.56. The van der Waals surface area contributed by atoms with Crippen molar-refractivity contribution in [2.24, 2.45) is 5.73 Å². The van der Waals surface area contributed by atoms with Gasteiger partial charge in [-0.25, -0.2) is 0 Å². The number of amides is 1. The van der Waals surface area contributed by atoms with Gasteiger partial charge < -0.3 is 21.5 Å². The summed E-state index contributed by atoms with van der Waals surface area (Å²) in [6.45, 7) is 1.85. The molecule has 0 unspecified atom stereocenters. The Labute approximate surface area is 181 Å². The number of hydrogen-bond acceptors (Lipinski definition) is 8. The highest BCUT2D eigenvalue weighted by Gasteiger charge is 2.31. The number of Topliss-reactive ketones (excluding diaryl/α,β-unsaturated/α-hetero) is 1. The average molecular weight is 450 g/mol. The fourth-order valence-corrected chi connectivity index (χ4v) is 2.85. The fourth-order valence-electron chi connectivity index (χ4n) is 2.85. The van der Waals surface area contributed by atoms with Gasteiger partial charge in [-0.15, -0.1) is 0 Å². The highest BCUT2D eigenvalue weighted by Crippen LogP contribution is 2.30. The molecule has 12 heteroatoms. The Morgan fingerprint density at radius 3 is 2.62 bits per heavy atom. The van der Waals surface area contributed by atoms with E-state index in [2.05, 4.69) is 15.3 Å². The standard InChI is InChI=1S/C20H21F3N6O3/c1-2-32-18-13(10-24)17(28-19(26)29-18)27-14(6-7-16(25)31)15(30)9-11-4-3-5-12(8-11)20(21,22)23/h3-5,8,14H,2,6-7,9H2,1H3,(H2,25,31)(H3,26,27,28,29)/t14-/m0/s1. The van der Waals surface area contributed by atoms with Crippen LogP contribution in [-0.4, -0.2) is 34.3 Å². The van der Waals surface area contributed by atoms with Crippen LogP contribution in [0.3, 0.4) is 0 Å². The molecule has 1 atom stereocenters. The van der Waals surface area contributed by atoms with E-state index >= 15 is 0 Å². The average Bonchev–Trinajstić information content (AvgIpc) is 2.70. The van der Waals surface area contributed by atoms with Crippen molar-refractivity contribution in [2.75, 3.05) is 17.7 Å². The van der Waals surface area contributed by atoms with Crippen LogP contribution in [0.1, 0.15) is 36.5 Å². The summed E-state index contributed by atoms with van der Waals surface area (Å²) in [5.41, 5.74) is 9.96. The summed E-state index contributed by atoms with van der Waals surface area (Å²) in [7, 11) is 0. The molecular formula is C20H21F3N6O3. The number of hydrogen-bond donors (Lipinski definition) is 3. The topological polar surface area (TPSA) is 157 Å². The van der Waals surface area contributed by atoms with Crippen LogP contribution in [0.2, 0.25) is 0 Å². The predicted molar refractivity (Wildman–Crippen MR) is 108 cm³/mol. The third kappa shape index (κ3) is 6.56. The smallest absolute Gasteiger partial charge is 0.416 e. The lowest BCUT2D eigenvalue weighted by atomic mass is 9.98. The Kier molecular flexibility index (Phi) is 7.95. The normalized spacial score (nSPS) is 12.0. The summed E-state index contributed by atoms with van der Waals surface area (Å²) in [6, 6.07) is 5.13. The molecule has 0 aliphatic carbocycles. The van der Waals surface area contributed by atoms with E-state index in [0.29, 0.717) is 0 Å². The molecule has 0 saturated carbocycles. The lowest BCUT2D eigenvalue weighted by Gasteiger charge is -2.19. The highest BCUT2D eigenvalue weighted by atomic mass is 19.4. The maximum Gasteiger partial charge on any atom is 0.416 e. The van der Waals surface area contributed by atoms with E-state index in [0.717, 1.165) is 12.1 Å². The Hall–Kier alpha value is -3.88. The molecule has 5 N–H and O–H groups in total. The number of nitrogens with one attached hydrogen (secondary N) is 1. The van der Waals surface area contributed by atoms with Gasteiger partial charge in [-0.05, 0) is 25.0 Å². The zero-order valence-corrected chi connectivity index (χ0v) is 17.1. The molecule has 0 aliphatic rings. The number of ether oxygens (including phenoxy) is 1. The number of aromatic nitrogens is 2. The van der Waals surface area contributed by atoms with Gasteiger partial charge in [0.1, 0.15) is 6.07 Å². The fraction of sp³-hybridized carbons (Fsp3) is 0.350. The van der Waals surface area contributed by atoms with E-state index in [4.69, 9.17) is 16.2 Å². The van der Waals surface area contributed by atoms with Crippen molar-refractivity contribution in [3.63, 3.8) is 0 Å². The van der Waals surface area contributed by atoms with E-state index in [1.165, 1.54) is 12.1 Å². The van der Waals surface area contributed by atoms with Crippen LogP contribution in [0.4, 0.5) is 24.9 Å². The molecule has 1 aromatic heterocycles. The summed E-state index contributed by atoms with van der Waals surface area (Å²) in [5, 5.41) is 12.2. The van der Waals surface area contributed by atoms with Gasteiger partial charge in [0.2, 0.25) is 17.7 Å². The molecule has 2 aromatic rings. The Bertz CT molecular complexity index is 1040. The summed E-state index contributed by atoms with van der Waals surface area (Å²) in [4.78, 5) is 31.9. The number of nitrogens with zero attached hydrogens (tertiary/aromatic N) is 3. The number of nitriles is 1. The van der Waals surface area contributed by atoms with E-state index in [1.54, 1.807) is 6.92 Å². The Balaban J connectivity index is 2.34. The van der Waals surface area contributed by atoms with Gasteiger partial charge in [0, 0.05) is 12.8 Å². The van der Waals surface area contributed by atoms with Crippen molar-refractivity contribution >= 4 is 23.5 Å². The number of nitrogens with two attached hydrogens (primary N) is 2. The molecule has 0 spiro atoms. The third-order valence-electron chi connectivity index (χ3n) is 4.30. The second-order valence-electron chi connectivity index (χ2n) is 6.70. The van der Waals surface area contributed by atoms with E-state index < -0.39 is 29.5 Å². The van der Waals surface area contributed by atoms with Crippen molar-refractivity contribution in [1.29, 1.82) is 5.26 Å². The number of primary amides is 1. The van der Waals surface area contributed by atoms with Crippen molar-refractivity contribution in [3.8, 4) is 11.9 Å². The molecule has 32 heavy (non-hydrogen) atoms. The summed E-state index contributed by atoms with van der Waals surface area (Å²) >= 11 is 0. The zero-order valence-electron chi connectivity index (χ0n) is 17.1. The SMILES string of the molecule is CCOc1nc(N)nc(N[C@@H](CCC(N)=O)C(=O)Cc2cccc(C(F)(F)F)c2)c1C#N. The molecule has 0 radical (unpaired) electrons. The molecule has 0 fully saturated rings. The molecule has 170 valence electrons. The lowest BCUT2D eigenvalue weighted by Crippen LogP contribution is -2.33. The van der Waals surface area contributed by atoms with Crippen LogP contribution in [0.5, 0.6) is 5.88 Å². The first-order valence-corrected chi connectivity index (χ1v) is 9.49. The summed E-state index contributed by atoms with van der Waals surface area (Å²) < 4.78 is 44.2. The molecule has 0 saturated heterocycles. The number of rotatable bonds is 10. The molecule has 1 amide bonds. The minimum Gasteiger partial charge on any atom is -0.477 e. The number of benzene rings is 1. The number of nitrogen functional groups attached to an aromatic ring is 1. The van der Waals surface area contributed by atoms with Gasteiger partial charge >= 0.3 is 6.18 Å². The van der Waals surface area contributed by atoms with Crippen LogP contribution in [0, 0.1) is 11.3 Å². The van der Waals surface area contributed by atoms with E-state index in [-0.39, 0.29) is 54.6 Å². The number of carbonyl (C=O) groups excluding carboxylic acids is 2. The van der Waals surface area contributed by atoms with Gasteiger partial charge in [-0.2, -0.15) is 28.4 Å². The first kappa shape index (κ1) is 24.4. The molecule has 2 rings (SSSR count). The largest absolute Gasteiger partial charge is 0.477 e. The molecule has 1 aromatic carbocycles. The maximum atomic E-state index is 13.0. The molecule has 9 nitrogen and oxygen atoms in total. The van der Waals surface area contributed by atoms with Crippen molar-refractivity contribution in [3.05, 3.63) is 41.0 Å². The second-order valence-corrected chi connectivity index (χ2v) is 6.70. The van der Waals surface area contributed by atoms with Gasteiger partial charge in [-0.3, -0.25) is 9.59 Å². The Morgan fingerprint density at radius 2 is 2.03 bits per heavy atom. The van der Waals surface area contributed by atoms with Crippen LogP contribution in [0.15, 0.2) is 24.3 Å². The zero-order chi connectivity index (χ0) is 23.9. The van der Waals surface area contributed by atoms with E-state index in [1.807, 2.05) is 6.07 Å². The third-order valence-corrected chi connectivity index (χ3v) is 4.30. The molecule has 0 bridgehead atoms. The molecule has 1 heterocycles. The number of alkyl halides is 3. The van der Waals surface area contributed by atoms with Crippen LogP contribution < -0.4 is 21.5 Å². The predicted octanol–water partition coefficient (Wildman–Crippen LogP) is 2.21. The van der Waals surface area contributed by atoms with Gasteiger partial charge in [0.15, 0.2) is 17.2 Å². The monoisotopic (exact) mass is 450 g/mol. The number of ketones is 1. The first-order valence-electron chi connectivity index (χ1n) is 9.49. The van der Waals surface area contributed by atoms with Crippen LogP contribution in [0.25, 0.3) is 0 Å². The van der Waals surface area contributed by atoms with Gasteiger partial charge in [-0.1, -0.05) is 18.2 Å².